The lowest BCUT2D eigenvalue weighted by Crippen LogP contribution is -2.16. The van der Waals surface area contributed by atoms with Crippen LogP contribution in [0.5, 0.6) is 5.75 Å². The van der Waals surface area contributed by atoms with Crippen LogP contribution in [0.25, 0.3) is 0 Å². The number of rotatable bonds is 9. The Morgan fingerprint density at radius 2 is 2.00 bits per heavy atom. The summed E-state index contributed by atoms with van der Waals surface area (Å²) in [7, 11) is 0. The van der Waals surface area contributed by atoms with Crippen molar-refractivity contribution in [3.05, 3.63) is 24.3 Å². The highest BCUT2D eigenvalue weighted by Crippen LogP contribution is 2.23. The lowest BCUT2D eigenvalue weighted by molar-refractivity contribution is -0.139. The molecule has 0 fully saturated rings. The number of carbonyl (C=O) groups is 2. The monoisotopic (exact) mass is 281 g/mol. The summed E-state index contributed by atoms with van der Waals surface area (Å²) in [5.74, 6) is -0.940. The smallest absolute Gasteiger partial charge is 0.341 e. The summed E-state index contributed by atoms with van der Waals surface area (Å²) in [6.07, 6.45) is 1.15. The molecule has 1 aromatic rings. The molecule has 0 saturated carbocycles. The fourth-order valence-corrected chi connectivity index (χ4v) is 1.46. The fraction of sp³-hybridized carbons (Fsp3) is 0.429. The number of carboxylic acids is 1. The molecule has 0 saturated heterocycles. The molecule has 0 spiro atoms. The van der Waals surface area contributed by atoms with Gasteiger partial charge in [0.25, 0.3) is 0 Å². The maximum Gasteiger partial charge on any atom is 0.341 e. The first-order valence-electron chi connectivity index (χ1n) is 6.44. The van der Waals surface area contributed by atoms with E-state index in [2.05, 4.69) is 5.32 Å². The summed E-state index contributed by atoms with van der Waals surface area (Å²) in [5.41, 5.74) is 0.453. The van der Waals surface area contributed by atoms with E-state index in [1.54, 1.807) is 24.3 Å². The Balaban J connectivity index is 2.49. The summed E-state index contributed by atoms with van der Waals surface area (Å²) in [5, 5.41) is 11.3. The molecular weight excluding hydrogens is 262 g/mol. The highest BCUT2D eigenvalue weighted by molar-refractivity contribution is 5.92. The van der Waals surface area contributed by atoms with Gasteiger partial charge in [-0.1, -0.05) is 19.1 Å². The lowest BCUT2D eigenvalue weighted by Gasteiger charge is -2.11. The third-order valence-electron chi connectivity index (χ3n) is 2.33. The zero-order valence-corrected chi connectivity index (χ0v) is 11.4. The summed E-state index contributed by atoms with van der Waals surface area (Å²) >= 11 is 0. The van der Waals surface area contributed by atoms with Crippen molar-refractivity contribution >= 4 is 17.6 Å². The number of carbonyl (C=O) groups excluding carboxylic acids is 1. The third-order valence-corrected chi connectivity index (χ3v) is 2.33. The van der Waals surface area contributed by atoms with E-state index in [1.165, 1.54) is 0 Å². The van der Waals surface area contributed by atoms with Crippen LogP contribution < -0.4 is 10.1 Å². The molecule has 0 heterocycles. The molecule has 1 amide bonds. The minimum absolute atomic E-state index is 0.201. The number of hydrogen-bond donors (Lipinski definition) is 2. The average Bonchev–Trinajstić information content (AvgIpc) is 2.42. The highest BCUT2D eigenvalue weighted by Gasteiger charge is 2.08. The molecule has 0 bridgehead atoms. The molecule has 110 valence electrons. The molecule has 0 unspecified atom stereocenters. The van der Waals surface area contributed by atoms with Crippen LogP contribution in [0.1, 0.15) is 19.8 Å². The average molecular weight is 281 g/mol. The van der Waals surface area contributed by atoms with E-state index in [0.29, 0.717) is 24.7 Å². The van der Waals surface area contributed by atoms with Crippen molar-refractivity contribution in [3.63, 3.8) is 0 Å². The Bertz CT molecular complexity index is 447. The van der Waals surface area contributed by atoms with Gasteiger partial charge >= 0.3 is 5.97 Å². The Kier molecular flexibility index (Phi) is 7.13. The molecular formula is C14H19NO5. The molecule has 0 aliphatic rings. The number of amides is 1. The van der Waals surface area contributed by atoms with Crippen LogP contribution in [0.4, 0.5) is 5.69 Å². The number of carboxylic acid groups (broad SMARTS) is 1. The number of ether oxygens (including phenoxy) is 2. The summed E-state index contributed by atoms with van der Waals surface area (Å²) in [6, 6.07) is 6.70. The maximum absolute atomic E-state index is 11.7. The van der Waals surface area contributed by atoms with E-state index in [9.17, 15) is 9.59 Å². The first-order chi connectivity index (χ1) is 9.63. The molecule has 0 aliphatic carbocycles. The normalized spacial score (nSPS) is 10.1. The predicted octanol–water partition coefficient (Wildman–Crippen LogP) is 1.91. The van der Waals surface area contributed by atoms with Gasteiger partial charge in [0.15, 0.2) is 6.61 Å². The minimum Gasteiger partial charge on any atom is -0.480 e. The molecule has 0 atom stereocenters. The molecule has 20 heavy (non-hydrogen) atoms. The van der Waals surface area contributed by atoms with Crippen molar-refractivity contribution in [2.45, 2.75) is 19.8 Å². The summed E-state index contributed by atoms with van der Waals surface area (Å²) < 4.78 is 10.3. The van der Waals surface area contributed by atoms with E-state index in [-0.39, 0.29) is 12.3 Å². The molecule has 0 aromatic heterocycles. The van der Waals surface area contributed by atoms with Crippen LogP contribution in [-0.4, -0.2) is 36.8 Å². The van der Waals surface area contributed by atoms with Crippen LogP contribution in [0.3, 0.4) is 0 Å². The quantitative estimate of drug-likeness (QED) is 0.675. The lowest BCUT2D eigenvalue weighted by atomic mass is 10.3. The Hall–Kier alpha value is -2.08. The van der Waals surface area contributed by atoms with E-state index in [1.807, 2.05) is 6.92 Å². The molecule has 6 nitrogen and oxygen atoms in total. The largest absolute Gasteiger partial charge is 0.480 e. The van der Waals surface area contributed by atoms with E-state index >= 15 is 0 Å². The zero-order chi connectivity index (χ0) is 14.8. The van der Waals surface area contributed by atoms with Gasteiger partial charge < -0.3 is 19.9 Å². The van der Waals surface area contributed by atoms with Crippen LogP contribution in [0.2, 0.25) is 0 Å². The minimum atomic E-state index is -1.07. The molecule has 0 aliphatic heterocycles. The van der Waals surface area contributed by atoms with E-state index < -0.39 is 12.6 Å². The SMILES string of the molecule is CCCOCCC(=O)Nc1ccccc1OCC(=O)O. The number of anilines is 1. The number of benzene rings is 1. The van der Waals surface area contributed by atoms with Crippen molar-refractivity contribution in [2.24, 2.45) is 0 Å². The van der Waals surface area contributed by atoms with Crippen molar-refractivity contribution in [1.82, 2.24) is 0 Å². The molecule has 2 N–H and O–H groups in total. The second-order valence-corrected chi connectivity index (χ2v) is 4.09. The third kappa shape index (κ3) is 6.19. The molecule has 6 heteroatoms. The first-order valence-corrected chi connectivity index (χ1v) is 6.44. The van der Waals surface area contributed by atoms with Crippen molar-refractivity contribution in [2.75, 3.05) is 25.1 Å². The number of aliphatic carboxylic acids is 1. The van der Waals surface area contributed by atoms with Crippen molar-refractivity contribution in [3.8, 4) is 5.75 Å². The first kappa shape index (κ1) is 16.0. The Morgan fingerprint density at radius 1 is 1.25 bits per heavy atom. The molecule has 1 rings (SSSR count). The topological polar surface area (TPSA) is 84.9 Å². The van der Waals surface area contributed by atoms with Gasteiger partial charge in [0, 0.05) is 6.61 Å². The van der Waals surface area contributed by atoms with Crippen LogP contribution in [-0.2, 0) is 14.3 Å². The van der Waals surface area contributed by atoms with E-state index in [4.69, 9.17) is 14.6 Å². The van der Waals surface area contributed by atoms with Crippen LogP contribution in [0, 0.1) is 0 Å². The summed E-state index contributed by atoms with van der Waals surface area (Å²) in [4.78, 5) is 22.2. The van der Waals surface area contributed by atoms with Gasteiger partial charge in [-0.25, -0.2) is 4.79 Å². The zero-order valence-electron chi connectivity index (χ0n) is 11.4. The molecule has 1 aromatic carbocycles. The van der Waals surface area contributed by atoms with Gasteiger partial charge in [0.2, 0.25) is 5.91 Å². The van der Waals surface area contributed by atoms with Gasteiger partial charge in [-0.2, -0.15) is 0 Å². The maximum atomic E-state index is 11.7. The Morgan fingerprint density at radius 3 is 2.70 bits per heavy atom. The number of hydrogen-bond acceptors (Lipinski definition) is 4. The molecule has 0 radical (unpaired) electrons. The predicted molar refractivity (Wildman–Crippen MR) is 73.9 cm³/mol. The second-order valence-electron chi connectivity index (χ2n) is 4.09. The van der Waals surface area contributed by atoms with Gasteiger partial charge in [-0.3, -0.25) is 4.79 Å². The van der Waals surface area contributed by atoms with Gasteiger partial charge in [0.05, 0.1) is 18.7 Å². The highest BCUT2D eigenvalue weighted by atomic mass is 16.5. The van der Waals surface area contributed by atoms with Crippen LogP contribution >= 0.6 is 0 Å². The van der Waals surface area contributed by atoms with E-state index in [0.717, 1.165) is 6.42 Å². The standard InChI is InChI=1S/C14H19NO5/c1-2-8-19-9-7-13(16)15-11-5-3-4-6-12(11)20-10-14(17)18/h3-6H,2,7-10H2,1H3,(H,15,16)(H,17,18). The van der Waals surface area contributed by atoms with Gasteiger partial charge in [0.1, 0.15) is 5.75 Å². The van der Waals surface area contributed by atoms with Crippen molar-refractivity contribution in [1.29, 1.82) is 0 Å². The van der Waals surface area contributed by atoms with Crippen LogP contribution in [0.15, 0.2) is 24.3 Å². The number of para-hydroxylation sites is 2. The second kappa shape index (κ2) is 8.92. The Labute approximate surface area is 117 Å². The van der Waals surface area contributed by atoms with Crippen molar-refractivity contribution < 1.29 is 24.2 Å². The fourth-order valence-electron chi connectivity index (χ4n) is 1.46. The van der Waals surface area contributed by atoms with Gasteiger partial charge in [-0.15, -0.1) is 0 Å². The number of nitrogens with one attached hydrogen (secondary N) is 1. The summed E-state index contributed by atoms with van der Waals surface area (Å²) in [6.45, 7) is 2.53. The van der Waals surface area contributed by atoms with Gasteiger partial charge in [-0.05, 0) is 18.6 Å².